The minimum atomic E-state index is -0.287. The van der Waals surface area contributed by atoms with Gasteiger partial charge in [0, 0.05) is 56.0 Å². The average molecular weight is 370 g/mol. The van der Waals surface area contributed by atoms with Gasteiger partial charge < -0.3 is 20.1 Å². The van der Waals surface area contributed by atoms with Gasteiger partial charge in [-0.05, 0) is 26.3 Å². The Morgan fingerprint density at radius 1 is 1.15 bits per heavy atom. The number of ether oxygens (including phenoxy) is 1. The van der Waals surface area contributed by atoms with E-state index in [0.29, 0.717) is 38.1 Å². The summed E-state index contributed by atoms with van der Waals surface area (Å²) in [6.07, 6.45) is 1.42. The van der Waals surface area contributed by atoms with E-state index in [1.165, 1.54) is 0 Å². The Morgan fingerprint density at radius 2 is 1.93 bits per heavy atom. The molecule has 1 atom stereocenters. The summed E-state index contributed by atoms with van der Waals surface area (Å²) in [6.45, 7) is 7.32. The van der Waals surface area contributed by atoms with Gasteiger partial charge in [-0.2, -0.15) is 4.98 Å². The first kappa shape index (κ1) is 18.1. The number of aryl methyl sites for hydroxylation is 2. The third-order valence-corrected chi connectivity index (χ3v) is 4.91. The largest absolute Gasteiger partial charge is 0.389 e. The van der Waals surface area contributed by atoms with Crippen LogP contribution in [-0.4, -0.2) is 64.0 Å². The summed E-state index contributed by atoms with van der Waals surface area (Å²) < 4.78 is 5.52. The molecule has 0 saturated carbocycles. The van der Waals surface area contributed by atoms with Crippen molar-refractivity contribution in [1.29, 1.82) is 0 Å². The molecule has 2 N–H and O–H groups in total. The van der Waals surface area contributed by atoms with Crippen molar-refractivity contribution in [1.82, 2.24) is 19.9 Å². The Balaban J connectivity index is 1.47. The van der Waals surface area contributed by atoms with E-state index in [-0.39, 0.29) is 6.10 Å². The monoisotopic (exact) mass is 370 g/mol. The van der Waals surface area contributed by atoms with Crippen molar-refractivity contribution in [2.24, 2.45) is 0 Å². The van der Waals surface area contributed by atoms with Crippen molar-refractivity contribution in [3.05, 3.63) is 35.0 Å². The zero-order valence-corrected chi connectivity index (χ0v) is 15.9. The molecule has 0 aliphatic carbocycles. The fourth-order valence-electron chi connectivity index (χ4n) is 3.49. The first-order valence-electron chi connectivity index (χ1n) is 9.51. The number of aromatic nitrogens is 4. The molecule has 144 valence electrons. The first-order chi connectivity index (χ1) is 13.1. The standard InChI is InChI=1S/C19H26N6O2/c1-12-7-13(2)22-17(21-12)3-5-20-18-8-16(14-4-6-27-11-14)23-19(24-18)25-9-15(26)10-25/h7-8,14-15,26H,3-6,9-11H2,1-2H3,(H,20,23,24)/t14-/m0/s1. The highest BCUT2D eigenvalue weighted by atomic mass is 16.5. The number of hydrogen-bond acceptors (Lipinski definition) is 8. The van der Waals surface area contributed by atoms with Crippen LogP contribution in [0.3, 0.4) is 0 Å². The topological polar surface area (TPSA) is 96.3 Å². The highest BCUT2D eigenvalue weighted by molar-refractivity contribution is 5.46. The predicted octanol–water partition coefficient (Wildman–Crippen LogP) is 1.22. The second kappa shape index (κ2) is 7.74. The lowest BCUT2D eigenvalue weighted by molar-refractivity contribution is 0.140. The lowest BCUT2D eigenvalue weighted by Crippen LogP contribution is -2.51. The van der Waals surface area contributed by atoms with Crippen LogP contribution in [0.25, 0.3) is 0 Å². The fourth-order valence-corrected chi connectivity index (χ4v) is 3.49. The molecule has 2 aromatic heterocycles. The van der Waals surface area contributed by atoms with Crippen molar-refractivity contribution in [3.63, 3.8) is 0 Å². The predicted molar refractivity (Wildman–Crippen MR) is 102 cm³/mol. The van der Waals surface area contributed by atoms with E-state index >= 15 is 0 Å². The summed E-state index contributed by atoms with van der Waals surface area (Å²) in [5.41, 5.74) is 2.98. The van der Waals surface area contributed by atoms with Crippen molar-refractivity contribution in [3.8, 4) is 0 Å². The minimum Gasteiger partial charge on any atom is -0.389 e. The number of nitrogens with one attached hydrogen (secondary N) is 1. The molecule has 4 heterocycles. The van der Waals surface area contributed by atoms with Gasteiger partial charge in [0.2, 0.25) is 5.95 Å². The van der Waals surface area contributed by atoms with Crippen LogP contribution in [0, 0.1) is 13.8 Å². The average Bonchev–Trinajstić information content (AvgIpc) is 3.12. The van der Waals surface area contributed by atoms with Crippen LogP contribution in [-0.2, 0) is 11.2 Å². The third kappa shape index (κ3) is 4.33. The van der Waals surface area contributed by atoms with Crippen molar-refractivity contribution < 1.29 is 9.84 Å². The van der Waals surface area contributed by atoms with Gasteiger partial charge >= 0.3 is 0 Å². The molecule has 0 radical (unpaired) electrons. The summed E-state index contributed by atoms with van der Waals surface area (Å²) in [5, 5.41) is 13.0. The Kier molecular flexibility index (Phi) is 5.18. The summed E-state index contributed by atoms with van der Waals surface area (Å²) in [5.74, 6) is 2.62. The molecular weight excluding hydrogens is 344 g/mol. The quantitative estimate of drug-likeness (QED) is 0.784. The van der Waals surface area contributed by atoms with Gasteiger partial charge in [-0.25, -0.2) is 15.0 Å². The van der Waals surface area contributed by atoms with Crippen LogP contribution in [0.4, 0.5) is 11.8 Å². The molecule has 27 heavy (non-hydrogen) atoms. The SMILES string of the molecule is Cc1cc(C)nc(CCNc2cc([C@H]3CCOC3)nc(N3CC(O)C3)n2)n1. The molecule has 2 saturated heterocycles. The minimum absolute atomic E-state index is 0.287. The number of anilines is 2. The van der Waals surface area contributed by atoms with Crippen LogP contribution < -0.4 is 10.2 Å². The lowest BCUT2D eigenvalue weighted by atomic mass is 10.0. The Morgan fingerprint density at radius 3 is 2.59 bits per heavy atom. The molecule has 8 nitrogen and oxygen atoms in total. The maximum absolute atomic E-state index is 9.60. The highest BCUT2D eigenvalue weighted by Gasteiger charge is 2.28. The molecule has 8 heteroatoms. The number of β-amino-alcohol motifs (C(OH)–C–C–N with tert-alkyl or cyclic N) is 1. The number of nitrogens with zero attached hydrogens (tertiary/aromatic N) is 5. The van der Waals surface area contributed by atoms with E-state index in [2.05, 4.69) is 20.3 Å². The maximum atomic E-state index is 9.60. The molecule has 0 spiro atoms. The molecular formula is C19H26N6O2. The lowest BCUT2D eigenvalue weighted by Gasteiger charge is -2.36. The van der Waals surface area contributed by atoms with Crippen molar-refractivity contribution in [2.45, 2.75) is 38.7 Å². The molecule has 2 aliphatic rings. The van der Waals surface area contributed by atoms with Crippen LogP contribution >= 0.6 is 0 Å². The fraction of sp³-hybridized carbons (Fsp3) is 0.579. The summed E-state index contributed by atoms with van der Waals surface area (Å²) in [6, 6.07) is 3.99. The number of hydrogen-bond donors (Lipinski definition) is 2. The number of aliphatic hydroxyl groups excluding tert-OH is 1. The summed E-state index contributed by atoms with van der Waals surface area (Å²) >= 11 is 0. The van der Waals surface area contributed by atoms with Gasteiger partial charge in [0.05, 0.1) is 18.4 Å². The van der Waals surface area contributed by atoms with Gasteiger partial charge in [-0.3, -0.25) is 0 Å². The van der Waals surface area contributed by atoms with Crippen molar-refractivity contribution >= 4 is 11.8 Å². The molecule has 4 rings (SSSR count). The zero-order valence-electron chi connectivity index (χ0n) is 15.9. The van der Waals surface area contributed by atoms with Gasteiger partial charge in [0.25, 0.3) is 0 Å². The molecule has 2 aliphatic heterocycles. The van der Waals surface area contributed by atoms with Crippen molar-refractivity contribution in [2.75, 3.05) is 43.1 Å². The summed E-state index contributed by atoms with van der Waals surface area (Å²) in [4.78, 5) is 20.3. The summed E-state index contributed by atoms with van der Waals surface area (Å²) in [7, 11) is 0. The molecule has 2 fully saturated rings. The number of rotatable bonds is 6. The Hall–Kier alpha value is -2.32. The normalized spacial score (nSPS) is 20.0. The van der Waals surface area contributed by atoms with Crippen LogP contribution in [0.5, 0.6) is 0 Å². The van der Waals surface area contributed by atoms with E-state index in [9.17, 15) is 5.11 Å². The maximum Gasteiger partial charge on any atom is 0.227 e. The Bertz CT molecular complexity index is 783. The first-order valence-corrected chi connectivity index (χ1v) is 9.51. The van der Waals surface area contributed by atoms with E-state index in [1.54, 1.807) is 0 Å². The smallest absolute Gasteiger partial charge is 0.227 e. The molecule has 0 bridgehead atoms. The van der Waals surface area contributed by atoms with Crippen LogP contribution in [0.15, 0.2) is 12.1 Å². The van der Waals surface area contributed by atoms with Crippen LogP contribution in [0.2, 0.25) is 0 Å². The van der Waals surface area contributed by atoms with E-state index in [4.69, 9.17) is 9.72 Å². The molecule has 0 unspecified atom stereocenters. The zero-order chi connectivity index (χ0) is 18.8. The molecule has 0 amide bonds. The van der Waals surface area contributed by atoms with Gasteiger partial charge in [-0.1, -0.05) is 0 Å². The highest BCUT2D eigenvalue weighted by Crippen LogP contribution is 2.28. The third-order valence-electron chi connectivity index (χ3n) is 4.91. The van der Waals surface area contributed by atoms with Crippen LogP contribution in [0.1, 0.15) is 35.2 Å². The van der Waals surface area contributed by atoms with Gasteiger partial charge in [0.15, 0.2) is 0 Å². The number of aliphatic hydroxyl groups is 1. The van der Waals surface area contributed by atoms with E-state index in [0.717, 1.165) is 48.2 Å². The molecule has 2 aromatic rings. The van der Waals surface area contributed by atoms with Gasteiger partial charge in [0.1, 0.15) is 11.6 Å². The molecule has 0 aromatic carbocycles. The Labute approximate surface area is 159 Å². The second-order valence-corrected chi connectivity index (χ2v) is 7.34. The van der Waals surface area contributed by atoms with E-state index in [1.807, 2.05) is 30.9 Å². The van der Waals surface area contributed by atoms with E-state index < -0.39 is 0 Å². The van der Waals surface area contributed by atoms with Gasteiger partial charge in [-0.15, -0.1) is 0 Å². The second-order valence-electron chi connectivity index (χ2n) is 7.34.